The Morgan fingerprint density at radius 2 is 1.93 bits per heavy atom. The molecule has 1 N–H and O–H groups in total. The fourth-order valence-corrected chi connectivity index (χ4v) is 8.03. The maximum atomic E-state index is 15.0. The zero-order valence-electron chi connectivity index (χ0n) is 25.6. The number of amides is 2. The number of aliphatic hydroxyl groups is 1. The molecule has 44 heavy (non-hydrogen) atoms. The van der Waals surface area contributed by atoms with Crippen LogP contribution in [0.1, 0.15) is 50.3 Å². The van der Waals surface area contributed by atoms with Gasteiger partial charge in [0.25, 0.3) is 5.91 Å². The quantitative estimate of drug-likeness (QED) is 0.193. The smallest absolute Gasteiger partial charge is 0.312 e. The minimum absolute atomic E-state index is 0.124. The van der Waals surface area contributed by atoms with Crippen LogP contribution in [0.3, 0.4) is 0 Å². The monoisotopic (exact) mass is 620 g/mol. The Labute approximate surface area is 264 Å². The van der Waals surface area contributed by atoms with Gasteiger partial charge >= 0.3 is 5.97 Å². The van der Waals surface area contributed by atoms with Crippen LogP contribution in [-0.4, -0.2) is 64.8 Å². The maximum Gasteiger partial charge on any atom is 0.312 e. The van der Waals surface area contributed by atoms with Crippen LogP contribution in [0.15, 0.2) is 73.8 Å². The van der Waals surface area contributed by atoms with E-state index in [2.05, 4.69) is 13.2 Å². The molecule has 0 aromatic heterocycles. The van der Waals surface area contributed by atoms with Crippen LogP contribution in [0.25, 0.3) is 0 Å². The first-order chi connectivity index (χ1) is 21.1. The second kappa shape index (κ2) is 12.5. The van der Waals surface area contributed by atoms with Gasteiger partial charge < -0.3 is 24.4 Å². The number of benzene rings is 2. The number of anilines is 1. The zero-order valence-corrected chi connectivity index (χ0v) is 26.3. The number of unbranched alkanes of at least 4 members (excludes halogenated alkanes) is 1. The van der Waals surface area contributed by atoms with Gasteiger partial charge in [0, 0.05) is 6.54 Å². The van der Waals surface area contributed by atoms with Crippen molar-refractivity contribution in [3.05, 3.63) is 90.0 Å². The van der Waals surface area contributed by atoms with E-state index in [1.807, 2.05) is 63.2 Å². The molecule has 2 aromatic carbocycles. The first-order valence-corrected chi connectivity index (χ1v) is 15.6. The predicted octanol–water partition coefficient (Wildman–Crippen LogP) is 5.42. The summed E-state index contributed by atoms with van der Waals surface area (Å²) in [5.74, 6) is -3.39. The summed E-state index contributed by atoms with van der Waals surface area (Å²) in [4.78, 5) is 46.6. The molecule has 2 aromatic rings. The van der Waals surface area contributed by atoms with Gasteiger partial charge in [0.1, 0.15) is 17.6 Å². The number of nitrogens with zero attached hydrogens (tertiary/aromatic N) is 2. The highest BCUT2D eigenvalue weighted by atomic mass is 35.5. The van der Waals surface area contributed by atoms with Gasteiger partial charge in [-0.3, -0.25) is 14.4 Å². The lowest BCUT2D eigenvalue weighted by Crippen LogP contribution is -2.57. The number of para-hydroxylation sites is 1. The molecule has 7 atom stereocenters. The van der Waals surface area contributed by atoms with Gasteiger partial charge in [0.15, 0.2) is 0 Å². The van der Waals surface area contributed by atoms with Crippen LogP contribution in [-0.2, 0) is 23.9 Å². The lowest BCUT2D eigenvalue weighted by atomic mass is 9.62. The number of esters is 1. The Hall–Kier alpha value is -3.46. The molecule has 2 bridgehead atoms. The normalized spacial score (nSPS) is 29.3. The molecule has 3 aliphatic rings. The summed E-state index contributed by atoms with van der Waals surface area (Å²) in [6.07, 6.45) is 5.05. The molecule has 9 heteroatoms. The fourth-order valence-electron chi connectivity index (χ4n) is 7.70. The van der Waals surface area contributed by atoms with Gasteiger partial charge in [-0.2, -0.15) is 0 Å². The van der Waals surface area contributed by atoms with Crippen LogP contribution in [0.4, 0.5) is 5.69 Å². The number of ether oxygens (including phenoxy) is 2. The molecule has 2 amide bonds. The maximum absolute atomic E-state index is 15.0. The van der Waals surface area contributed by atoms with E-state index < -0.39 is 59.5 Å². The number of halogens is 1. The summed E-state index contributed by atoms with van der Waals surface area (Å²) < 4.78 is 12.6. The second-order valence-corrected chi connectivity index (χ2v) is 12.7. The topological polar surface area (TPSA) is 96.4 Å². The highest BCUT2D eigenvalue weighted by molar-refractivity contribution is 6.34. The van der Waals surface area contributed by atoms with Crippen molar-refractivity contribution >= 4 is 35.1 Å². The van der Waals surface area contributed by atoms with Gasteiger partial charge in [-0.05, 0) is 56.2 Å². The van der Waals surface area contributed by atoms with Gasteiger partial charge in [-0.1, -0.05) is 73.1 Å². The number of hydrogen-bond acceptors (Lipinski definition) is 6. The van der Waals surface area contributed by atoms with Gasteiger partial charge in [0.2, 0.25) is 5.91 Å². The molecule has 5 rings (SSSR count). The molecular formula is C35H41ClN2O6. The first kappa shape index (κ1) is 31.9. The average molecular weight is 621 g/mol. The lowest BCUT2D eigenvalue weighted by molar-refractivity contribution is -0.162. The molecule has 3 unspecified atom stereocenters. The summed E-state index contributed by atoms with van der Waals surface area (Å²) in [6, 6.07) is 12.5. The van der Waals surface area contributed by atoms with E-state index in [0.29, 0.717) is 35.5 Å². The third kappa shape index (κ3) is 4.97. The molecule has 234 valence electrons. The van der Waals surface area contributed by atoms with E-state index >= 15 is 4.79 Å². The van der Waals surface area contributed by atoms with Crippen molar-refractivity contribution in [1.82, 2.24) is 4.90 Å². The molecule has 0 radical (unpaired) electrons. The van der Waals surface area contributed by atoms with Crippen LogP contribution in [0.5, 0.6) is 0 Å². The summed E-state index contributed by atoms with van der Waals surface area (Å²) in [7, 11) is 0. The lowest BCUT2D eigenvalue weighted by Gasteiger charge is -2.40. The Morgan fingerprint density at radius 3 is 2.57 bits per heavy atom. The van der Waals surface area contributed by atoms with Crippen molar-refractivity contribution in [2.75, 3.05) is 24.7 Å². The number of carbonyl (C=O) groups is 3. The largest absolute Gasteiger partial charge is 0.465 e. The van der Waals surface area contributed by atoms with Gasteiger partial charge in [0.05, 0.1) is 41.5 Å². The second-order valence-electron chi connectivity index (χ2n) is 12.3. The third-order valence-corrected chi connectivity index (χ3v) is 10.1. The number of likely N-dealkylation sites (tertiary alicyclic amines) is 1. The van der Waals surface area contributed by atoms with E-state index in [9.17, 15) is 14.7 Å². The molecule has 3 saturated heterocycles. The highest BCUT2D eigenvalue weighted by Gasteiger charge is 2.81. The average Bonchev–Trinajstić information content (AvgIpc) is 3.52. The number of allylic oxidation sites excluding steroid dienone is 1. The minimum Gasteiger partial charge on any atom is -0.465 e. The molecule has 0 aliphatic carbocycles. The van der Waals surface area contributed by atoms with Crippen molar-refractivity contribution in [2.24, 2.45) is 17.8 Å². The summed E-state index contributed by atoms with van der Waals surface area (Å²) in [5, 5.41) is 11.2. The number of rotatable bonds is 12. The van der Waals surface area contributed by atoms with Crippen LogP contribution in [0, 0.1) is 24.7 Å². The molecule has 3 aliphatic heterocycles. The molecule has 0 saturated carbocycles. The van der Waals surface area contributed by atoms with Crippen molar-refractivity contribution < 1.29 is 29.0 Å². The Kier molecular flexibility index (Phi) is 9.08. The van der Waals surface area contributed by atoms with Crippen LogP contribution in [0.2, 0.25) is 5.02 Å². The van der Waals surface area contributed by atoms with E-state index in [1.54, 1.807) is 18.2 Å². The third-order valence-electron chi connectivity index (χ3n) is 9.77. The number of carbonyl (C=O) groups excluding carboxylic acids is 3. The molecule has 3 heterocycles. The number of aryl methyl sites for hydroxylation is 1. The Morgan fingerprint density at radius 1 is 1.20 bits per heavy atom. The number of aliphatic hydroxyl groups excluding tert-OH is 1. The number of hydrogen-bond donors (Lipinski definition) is 1. The highest BCUT2D eigenvalue weighted by Crippen LogP contribution is 2.66. The van der Waals surface area contributed by atoms with Crippen molar-refractivity contribution in [3.63, 3.8) is 0 Å². The van der Waals surface area contributed by atoms with E-state index in [4.69, 9.17) is 21.1 Å². The molecular weight excluding hydrogens is 580 g/mol. The fraction of sp³-hybridized carbons (Fsp3) is 0.457. The SMILES string of the molecule is C=CCCCOC(=O)[C@H]1[C@H]2C(=O)N([C@H](CO)c3ccccc3)C(C(=O)N(CC=C)c3c(C)cccc3Cl)C23CC(C)[C@]1(C)O3. The van der Waals surface area contributed by atoms with E-state index in [1.165, 1.54) is 9.80 Å². The summed E-state index contributed by atoms with van der Waals surface area (Å²) in [6.45, 7) is 13.2. The Balaban J connectivity index is 1.67. The van der Waals surface area contributed by atoms with E-state index in [0.717, 1.165) is 5.56 Å². The Bertz CT molecular complexity index is 1430. The predicted molar refractivity (Wildman–Crippen MR) is 169 cm³/mol. The molecule has 1 spiro atoms. The summed E-state index contributed by atoms with van der Waals surface area (Å²) >= 11 is 6.68. The van der Waals surface area contributed by atoms with Crippen molar-refractivity contribution in [3.8, 4) is 0 Å². The summed E-state index contributed by atoms with van der Waals surface area (Å²) in [5.41, 5.74) is -0.400. The van der Waals surface area contributed by atoms with Crippen LogP contribution < -0.4 is 4.90 Å². The van der Waals surface area contributed by atoms with Gasteiger partial charge in [-0.25, -0.2) is 0 Å². The number of fused-ring (bicyclic) bond motifs is 1. The van der Waals surface area contributed by atoms with Crippen molar-refractivity contribution in [1.29, 1.82) is 0 Å². The minimum atomic E-state index is -1.33. The zero-order chi connectivity index (χ0) is 31.8. The first-order valence-electron chi connectivity index (χ1n) is 15.2. The van der Waals surface area contributed by atoms with Crippen molar-refractivity contribution in [2.45, 2.75) is 63.3 Å². The van der Waals surface area contributed by atoms with E-state index in [-0.39, 0.29) is 19.1 Å². The van der Waals surface area contributed by atoms with Crippen LogP contribution >= 0.6 is 11.6 Å². The standard InChI is InChI=1S/C35H41ClN2O6/c1-6-8-12-19-43-33(42)28-27-31(40)38(26(21-39)24-15-10-9-11-16-24)30(35(27)20-23(4)34(28,5)44-35)32(41)37(18-7-2)29-22(3)14-13-17-25(29)36/h6-7,9-11,13-17,23,26-28,30,39H,1-2,8,12,18-21H2,3-5H3/t23?,26-,27+,28-,30?,34+,35?/m1/s1. The van der Waals surface area contributed by atoms with Gasteiger partial charge in [-0.15, -0.1) is 13.2 Å². The molecule has 3 fully saturated rings. The molecule has 8 nitrogen and oxygen atoms in total.